The first-order chi connectivity index (χ1) is 9.81. The molecule has 0 atom stereocenters. The lowest BCUT2D eigenvalue weighted by Crippen LogP contribution is -2.11. The number of hydrogen-bond donors (Lipinski definition) is 2. The molecule has 1 aromatic carbocycles. The van der Waals surface area contributed by atoms with Crippen LogP contribution in [0.15, 0.2) is 49.3 Å². The van der Waals surface area contributed by atoms with Gasteiger partial charge in [0.05, 0.1) is 18.3 Å². The molecule has 0 saturated heterocycles. The van der Waals surface area contributed by atoms with Crippen molar-refractivity contribution in [2.24, 2.45) is 0 Å². The van der Waals surface area contributed by atoms with E-state index < -0.39 is 0 Å². The van der Waals surface area contributed by atoms with Gasteiger partial charge in [0.15, 0.2) is 0 Å². The quantitative estimate of drug-likeness (QED) is 0.746. The summed E-state index contributed by atoms with van der Waals surface area (Å²) >= 11 is 0. The number of benzene rings is 1. The molecule has 3 rings (SSSR count). The van der Waals surface area contributed by atoms with Crippen LogP contribution in [-0.4, -0.2) is 30.9 Å². The molecule has 3 aromatic rings. The summed E-state index contributed by atoms with van der Waals surface area (Å²) in [5.74, 6) is -0.198. The van der Waals surface area contributed by atoms with Gasteiger partial charge in [-0.05, 0) is 17.7 Å². The number of amides is 1. The number of hydrogen-bond acceptors (Lipinski definition) is 4. The summed E-state index contributed by atoms with van der Waals surface area (Å²) in [5, 5.41) is 13.2. The number of aromatic amines is 1. The topological polar surface area (TPSA) is 88.5 Å². The molecule has 1 amide bonds. The molecule has 2 N–H and O–H groups in total. The van der Waals surface area contributed by atoms with Crippen LogP contribution in [0.1, 0.15) is 15.9 Å². The Hall–Kier alpha value is -2.96. The molecule has 0 aliphatic heterocycles. The highest BCUT2D eigenvalue weighted by atomic mass is 16.1. The number of nitrogens with zero attached hydrogens (tertiary/aromatic N) is 4. The number of carbonyl (C=O) groups excluding carboxylic acids is 1. The van der Waals surface area contributed by atoms with Gasteiger partial charge < -0.3 is 5.32 Å². The first kappa shape index (κ1) is 12.1. The SMILES string of the molecule is O=C(Nc1cccc(Cn2cncn2)c1)c1cn[nH]c1. The van der Waals surface area contributed by atoms with E-state index in [0.717, 1.165) is 11.3 Å². The van der Waals surface area contributed by atoms with Gasteiger partial charge in [-0.3, -0.25) is 9.89 Å². The van der Waals surface area contributed by atoms with Crippen LogP contribution in [0.4, 0.5) is 5.69 Å². The van der Waals surface area contributed by atoms with Crippen molar-refractivity contribution in [2.45, 2.75) is 6.54 Å². The fourth-order valence-electron chi connectivity index (χ4n) is 1.83. The van der Waals surface area contributed by atoms with Crippen LogP contribution in [-0.2, 0) is 6.54 Å². The third-order valence-corrected chi connectivity index (χ3v) is 2.76. The molecule has 2 heterocycles. The summed E-state index contributed by atoms with van der Waals surface area (Å²) in [5.41, 5.74) is 2.25. The molecular weight excluding hydrogens is 256 g/mol. The van der Waals surface area contributed by atoms with Crippen molar-refractivity contribution in [1.29, 1.82) is 0 Å². The Morgan fingerprint density at radius 1 is 1.40 bits per heavy atom. The van der Waals surface area contributed by atoms with Crippen molar-refractivity contribution in [2.75, 3.05) is 5.32 Å². The van der Waals surface area contributed by atoms with Gasteiger partial charge in [-0.1, -0.05) is 12.1 Å². The molecule has 20 heavy (non-hydrogen) atoms. The van der Waals surface area contributed by atoms with Gasteiger partial charge in [-0.25, -0.2) is 9.67 Å². The normalized spacial score (nSPS) is 10.4. The molecule has 0 spiro atoms. The Labute approximate surface area is 114 Å². The lowest BCUT2D eigenvalue weighted by molar-refractivity contribution is 0.102. The van der Waals surface area contributed by atoms with Crippen LogP contribution in [0, 0.1) is 0 Å². The molecule has 0 saturated carbocycles. The third kappa shape index (κ3) is 2.72. The van der Waals surface area contributed by atoms with Gasteiger partial charge in [-0.15, -0.1) is 0 Å². The second-order valence-electron chi connectivity index (χ2n) is 4.23. The van der Waals surface area contributed by atoms with Crippen LogP contribution < -0.4 is 5.32 Å². The molecule has 100 valence electrons. The lowest BCUT2D eigenvalue weighted by Gasteiger charge is -2.06. The van der Waals surface area contributed by atoms with Crippen LogP contribution in [0.2, 0.25) is 0 Å². The fourth-order valence-corrected chi connectivity index (χ4v) is 1.83. The van der Waals surface area contributed by atoms with E-state index in [1.807, 2.05) is 24.3 Å². The maximum Gasteiger partial charge on any atom is 0.258 e. The molecule has 0 unspecified atom stereocenters. The van der Waals surface area contributed by atoms with Crippen LogP contribution in [0.5, 0.6) is 0 Å². The van der Waals surface area contributed by atoms with Crippen molar-refractivity contribution < 1.29 is 4.79 Å². The zero-order valence-electron chi connectivity index (χ0n) is 10.5. The molecule has 0 aliphatic rings. The second-order valence-corrected chi connectivity index (χ2v) is 4.23. The number of anilines is 1. The highest BCUT2D eigenvalue weighted by molar-refractivity contribution is 6.03. The maximum atomic E-state index is 11.9. The highest BCUT2D eigenvalue weighted by Gasteiger charge is 2.07. The molecular formula is C13H12N6O. The first-order valence-corrected chi connectivity index (χ1v) is 6.03. The highest BCUT2D eigenvalue weighted by Crippen LogP contribution is 2.12. The van der Waals surface area contributed by atoms with Crippen LogP contribution in [0.25, 0.3) is 0 Å². The fraction of sp³-hybridized carbons (Fsp3) is 0.0769. The first-order valence-electron chi connectivity index (χ1n) is 6.03. The summed E-state index contributed by atoms with van der Waals surface area (Å²) < 4.78 is 1.72. The number of aromatic nitrogens is 5. The molecule has 2 aromatic heterocycles. The van der Waals surface area contributed by atoms with Crippen molar-refractivity contribution in [3.8, 4) is 0 Å². The Morgan fingerprint density at radius 3 is 3.10 bits per heavy atom. The van der Waals surface area contributed by atoms with Crippen molar-refractivity contribution in [1.82, 2.24) is 25.0 Å². The Balaban J connectivity index is 1.73. The van der Waals surface area contributed by atoms with E-state index in [9.17, 15) is 4.79 Å². The predicted molar refractivity (Wildman–Crippen MR) is 72.1 cm³/mol. The van der Waals surface area contributed by atoms with E-state index in [1.165, 1.54) is 12.5 Å². The average Bonchev–Trinajstić information content (AvgIpc) is 3.12. The summed E-state index contributed by atoms with van der Waals surface area (Å²) in [6.07, 6.45) is 6.17. The Kier molecular flexibility index (Phi) is 3.24. The predicted octanol–water partition coefficient (Wildman–Crippen LogP) is 1.30. The van der Waals surface area contributed by atoms with Crippen LogP contribution in [0.3, 0.4) is 0 Å². The minimum atomic E-state index is -0.198. The summed E-state index contributed by atoms with van der Waals surface area (Å²) in [6, 6.07) is 7.59. The van der Waals surface area contributed by atoms with E-state index in [2.05, 4.69) is 25.6 Å². The Morgan fingerprint density at radius 2 is 2.35 bits per heavy atom. The molecule has 0 aliphatic carbocycles. The molecule has 7 heteroatoms. The molecule has 0 bridgehead atoms. The smallest absolute Gasteiger partial charge is 0.258 e. The van der Waals surface area contributed by atoms with Crippen molar-refractivity contribution in [3.05, 3.63) is 60.4 Å². The van der Waals surface area contributed by atoms with Gasteiger partial charge in [0.1, 0.15) is 12.7 Å². The van der Waals surface area contributed by atoms with Gasteiger partial charge in [0.25, 0.3) is 5.91 Å². The number of rotatable bonds is 4. The average molecular weight is 268 g/mol. The minimum absolute atomic E-state index is 0.198. The van der Waals surface area contributed by atoms with E-state index in [4.69, 9.17) is 0 Å². The molecule has 0 radical (unpaired) electrons. The zero-order chi connectivity index (χ0) is 13.8. The monoisotopic (exact) mass is 268 g/mol. The Bertz CT molecular complexity index is 689. The number of H-pyrrole nitrogens is 1. The van der Waals surface area contributed by atoms with E-state index in [0.29, 0.717) is 12.1 Å². The van der Waals surface area contributed by atoms with Gasteiger partial charge in [-0.2, -0.15) is 10.2 Å². The number of nitrogens with one attached hydrogen (secondary N) is 2. The molecule has 7 nitrogen and oxygen atoms in total. The van der Waals surface area contributed by atoms with Gasteiger partial charge in [0.2, 0.25) is 0 Å². The summed E-state index contributed by atoms with van der Waals surface area (Å²) in [6.45, 7) is 0.607. The standard InChI is InChI=1S/C13H12N6O/c20-13(11-5-15-16-6-11)18-12-3-1-2-10(4-12)7-19-9-14-8-17-19/h1-6,8-9H,7H2,(H,15,16)(H,18,20). The van der Waals surface area contributed by atoms with Crippen molar-refractivity contribution >= 4 is 11.6 Å². The second kappa shape index (κ2) is 5.35. The van der Waals surface area contributed by atoms with E-state index >= 15 is 0 Å². The third-order valence-electron chi connectivity index (χ3n) is 2.76. The van der Waals surface area contributed by atoms with Crippen molar-refractivity contribution in [3.63, 3.8) is 0 Å². The summed E-state index contributed by atoms with van der Waals surface area (Å²) in [7, 11) is 0. The van der Waals surface area contributed by atoms with Gasteiger partial charge in [0, 0.05) is 11.9 Å². The number of carbonyl (C=O) groups is 1. The van der Waals surface area contributed by atoms with Crippen LogP contribution >= 0.6 is 0 Å². The largest absolute Gasteiger partial charge is 0.322 e. The minimum Gasteiger partial charge on any atom is -0.322 e. The van der Waals surface area contributed by atoms with E-state index in [1.54, 1.807) is 17.2 Å². The maximum absolute atomic E-state index is 11.9. The zero-order valence-corrected chi connectivity index (χ0v) is 10.5. The molecule has 0 fully saturated rings. The van der Waals surface area contributed by atoms with Gasteiger partial charge >= 0.3 is 0 Å². The lowest BCUT2D eigenvalue weighted by atomic mass is 10.2. The van der Waals surface area contributed by atoms with E-state index in [-0.39, 0.29) is 5.91 Å². The summed E-state index contributed by atoms with van der Waals surface area (Å²) in [4.78, 5) is 15.8.